The molecule has 0 radical (unpaired) electrons. The van der Waals surface area contributed by atoms with Gasteiger partial charge in [0.15, 0.2) is 16.7 Å². The van der Waals surface area contributed by atoms with Crippen LogP contribution < -0.4 is 10.6 Å². The Balaban J connectivity index is 1.60. The Morgan fingerprint density at radius 2 is 2.19 bits per heavy atom. The molecule has 2 aromatic heterocycles. The number of para-hydroxylation sites is 1. The van der Waals surface area contributed by atoms with Gasteiger partial charge in [-0.3, -0.25) is 4.99 Å². The van der Waals surface area contributed by atoms with Gasteiger partial charge < -0.3 is 15.1 Å². The molecule has 1 aliphatic rings. The number of furan rings is 1. The predicted octanol–water partition coefficient (Wildman–Crippen LogP) is 2.71. The highest BCUT2D eigenvalue weighted by atomic mass is 32.1. The van der Waals surface area contributed by atoms with Crippen LogP contribution in [-0.4, -0.2) is 29.2 Å². The van der Waals surface area contributed by atoms with E-state index in [1.54, 1.807) is 0 Å². The molecule has 0 unspecified atom stereocenters. The minimum atomic E-state index is 0.707. The van der Waals surface area contributed by atoms with Gasteiger partial charge in [0.2, 0.25) is 5.13 Å². The fraction of sp³-hybridized carbons (Fsp3) is 0.214. The summed E-state index contributed by atoms with van der Waals surface area (Å²) in [5.41, 5.74) is 0.857. The second-order valence-corrected chi connectivity index (χ2v) is 5.67. The molecule has 0 amide bonds. The second kappa shape index (κ2) is 5.17. The number of hydrogen-bond acceptors (Lipinski definition) is 7. The number of nitrogens with zero attached hydrogens (tertiary/aromatic N) is 3. The van der Waals surface area contributed by atoms with Crippen molar-refractivity contribution in [1.82, 2.24) is 15.5 Å². The monoisotopic (exact) mass is 299 g/mol. The van der Waals surface area contributed by atoms with E-state index in [0.29, 0.717) is 5.13 Å². The van der Waals surface area contributed by atoms with Gasteiger partial charge in [0.1, 0.15) is 5.58 Å². The molecule has 2 N–H and O–H groups in total. The van der Waals surface area contributed by atoms with Gasteiger partial charge in [-0.2, -0.15) is 0 Å². The quantitative estimate of drug-likeness (QED) is 0.761. The van der Waals surface area contributed by atoms with Crippen molar-refractivity contribution < 1.29 is 4.42 Å². The molecule has 0 bridgehead atoms. The molecule has 0 atom stereocenters. The zero-order chi connectivity index (χ0) is 14.1. The zero-order valence-corrected chi connectivity index (χ0v) is 12.0. The van der Waals surface area contributed by atoms with Crippen LogP contribution in [0.5, 0.6) is 0 Å². The Morgan fingerprint density at radius 1 is 1.24 bits per heavy atom. The summed E-state index contributed by atoms with van der Waals surface area (Å²) < 4.78 is 5.79. The van der Waals surface area contributed by atoms with Crippen molar-refractivity contribution in [3.63, 3.8) is 0 Å². The number of guanidine groups is 1. The van der Waals surface area contributed by atoms with Crippen LogP contribution in [0.3, 0.4) is 0 Å². The van der Waals surface area contributed by atoms with Crippen molar-refractivity contribution in [3.8, 4) is 10.8 Å². The molecule has 6 nitrogen and oxygen atoms in total. The van der Waals surface area contributed by atoms with Crippen LogP contribution in [0.4, 0.5) is 5.13 Å². The summed E-state index contributed by atoms with van der Waals surface area (Å²) >= 11 is 1.45. The van der Waals surface area contributed by atoms with Crippen LogP contribution in [0.2, 0.25) is 0 Å². The van der Waals surface area contributed by atoms with E-state index in [9.17, 15) is 0 Å². The molecule has 106 valence electrons. The van der Waals surface area contributed by atoms with E-state index >= 15 is 0 Å². The van der Waals surface area contributed by atoms with E-state index in [-0.39, 0.29) is 0 Å². The fourth-order valence-electron chi connectivity index (χ4n) is 2.18. The van der Waals surface area contributed by atoms with E-state index in [1.165, 1.54) is 11.3 Å². The lowest BCUT2D eigenvalue weighted by Gasteiger charge is -2.13. The number of hydrogen-bond donors (Lipinski definition) is 2. The van der Waals surface area contributed by atoms with Crippen LogP contribution in [0.1, 0.15) is 6.42 Å². The van der Waals surface area contributed by atoms with Crippen molar-refractivity contribution in [2.75, 3.05) is 18.4 Å². The minimum absolute atomic E-state index is 0.707. The lowest BCUT2D eigenvalue weighted by Crippen LogP contribution is -2.35. The van der Waals surface area contributed by atoms with E-state index < -0.39 is 0 Å². The largest absolute Gasteiger partial charge is 0.453 e. The number of benzene rings is 1. The third-order valence-electron chi connectivity index (χ3n) is 3.18. The average Bonchev–Trinajstić information content (AvgIpc) is 3.14. The summed E-state index contributed by atoms with van der Waals surface area (Å²) in [4.78, 5) is 4.35. The van der Waals surface area contributed by atoms with Crippen LogP contribution in [0.15, 0.2) is 39.7 Å². The SMILES string of the molecule is c1ccc2oc(-c3nnc(NC4=NCCCN4)s3)cc2c1. The molecular weight excluding hydrogens is 286 g/mol. The lowest BCUT2D eigenvalue weighted by atomic mass is 10.2. The maximum Gasteiger partial charge on any atom is 0.212 e. The Hall–Kier alpha value is -2.41. The van der Waals surface area contributed by atoms with Gasteiger partial charge in [0.05, 0.1) is 0 Å². The Bertz CT molecular complexity index is 773. The number of aromatic nitrogens is 2. The summed E-state index contributed by atoms with van der Waals surface area (Å²) in [5, 5.41) is 17.2. The lowest BCUT2D eigenvalue weighted by molar-refractivity contribution is 0.630. The van der Waals surface area contributed by atoms with E-state index in [2.05, 4.69) is 25.8 Å². The topological polar surface area (TPSA) is 75.3 Å². The van der Waals surface area contributed by atoms with Crippen molar-refractivity contribution in [3.05, 3.63) is 30.3 Å². The standard InChI is InChI=1S/C14H13N5OS/c1-2-5-10-9(4-1)8-11(20-10)12-18-19-14(21-12)17-13-15-6-3-7-16-13/h1-2,4-5,8H,3,6-7H2,(H2,15,16,17,19). The molecule has 4 rings (SSSR count). The maximum atomic E-state index is 5.79. The van der Waals surface area contributed by atoms with Gasteiger partial charge >= 0.3 is 0 Å². The van der Waals surface area contributed by atoms with E-state index in [1.807, 2.05) is 30.3 Å². The molecular formula is C14H13N5OS. The molecule has 7 heteroatoms. The van der Waals surface area contributed by atoms with Gasteiger partial charge in [-0.05, 0) is 18.6 Å². The molecule has 21 heavy (non-hydrogen) atoms. The molecule has 3 aromatic rings. The van der Waals surface area contributed by atoms with Gasteiger partial charge in [-0.15, -0.1) is 10.2 Å². The summed E-state index contributed by atoms with van der Waals surface area (Å²) in [6.07, 6.45) is 1.06. The number of anilines is 1. The van der Waals surface area contributed by atoms with Crippen LogP contribution in [0, 0.1) is 0 Å². The molecule has 1 aliphatic heterocycles. The van der Waals surface area contributed by atoms with Crippen molar-refractivity contribution >= 4 is 33.4 Å². The molecule has 0 aliphatic carbocycles. The summed E-state index contributed by atoms with van der Waals surface area (Å²) in [5.74, 6) is 1.49. The second-order valence-electron chi connectivity index (χ2n) is 4.70. The van der Waals surface area contributed by atoms with Crippen molar-refractivity contribution in [1.29, 1.82) is 0 Å². The highest BCUT2D eigenvalue weighted by Gasteiger charge is 2.13. The number of aliphatic imine (C=N–C) groups is 1. The van der Waals surface area contributed by atoms with Gasteiger partial charge in [-0.25, -0.2) is 0 Å². The Labute approximate surface area is 124 Å². The van der Waals surface area contributed by atoms with Crippen molar-refractivity contribution in [2.24, 2.45) is 4.99 Å². The number of rotatable bonds is 2. The van der Waals surface area contributed by atoms with Gasteiger partial charge in [0.25, 0.3) is 0 Å². The van der Waals surface area contributed by atoms with Crippen molar-refractivity contribution in [2.45, 2.75) is 6.42 Å². The van der Waals surface area contributed by atoms with E-state index in [0.717, 1.165) is 47.2 Å². The first kappa shape index (κ1) is 12.3. The molecule has 0 saturated heterocycles. The van der Waals surface area contributed by atoms with Crippen LogP contribution in [-0.2, 0) is 0 Å². The third-order valence-corrected chi connectivity index (χ3v) is 4.04. The molecule has 0 saturated carbocycles. The normalized spacial score (nSPS) is 14.8. The fourth-order valence-corrected chi connectivity index (χ4v) is 2.87. The molecule has 0 fully saturated rings. The first-order valence-electron chi connectivity index (χ1n) is 6.76. The van der Waals surface area contributed by atoms with Crippen LogP contribution >= 0.6 is 11.3 Å². The number of nitrogens with one attached hydrogen (secondary N) is 2. The first-order valence-corrected chi connectivity index (χ1v) is 7.58. The first-order chi connectivity index (χ1) is 10.4. The van der Waals surface area contributed by atoms with E-state index in [4.69, 9.17) is 4.42 Å². The summed E-state index contributed by atoms with van der Waals surface area (Å²) in [6, 6.07) is 9.89. The minimum Gasteiger partial charge on any atom is -0.453 e. The highest BCUT2D eigenvalue weighted by molar-refractivity contribution is 7.18. The summed E-state index contributed by atoms with van der Waals surface area (Å²) in [6.45, 7) is 1.77. The zero-order valence-electron chi connectivity index (χ0n) is 11.2. The maximum absolute atomic E-state index is 5.79. The average molecular weight is 299 g/mol. The third kappa shape index (κ3) is 2.47. The predicted molar refractivity (Wildman–Crippen MR) is 83.7 cm³/mol. The molecule has 3 heterocycles. The Kier molecular flexibility index (Phi) is 3.04. The number of fused-ring (bicyclic) bond motifs is 1. The van der Waals surface area contributed by atoms with Gasteiger partial charge in [0, 0.05) is 18.5 Å². The molecule has 1 aromatic carbocycles. The van der Waals surface area contributed by atoms with Gasteiger partial charge in [-0.1, -0.05) is 29.5 Å². The van der Waals surface area contributed by atoms with Crippen LogP contribution in [0.25, 0.3) is 21.7 Å². The summed E-state index contributed by atoms with van der Waals surface area (Å²) in [7, 11) is 0. The molecule has 0 spiro atoms. The smallest absolute Gasteiger partial charge is 0.212 e. The Morgan fingerprint density at radius 3 is 3.05 bits per heavy atom. The highest BCUT2D eigenvalue weighted by Crippen LogP contribution is 2.31.